The molecule has 1 atom stereocenters. The second kappa shape index (κ2) is 12.9. The van der Waals surface area contributed by atoms with Crippen LogP contribution in [0.25, 0.3) is 0 Å². The van der Waals surface area contributed by atoms with Crippen LogP contribution < -0.4 is 9.62 Å². The second-order valence-electron chi connectivity index (χ2n) is 11.8. The third kappa shape index (κ3) is 8.19. The van der Waals surface area contributed by atoms with Gasteiger partial charge in [0.05, 0.1) is 10.6 Å². The topological polar surface area (TPSA) is 86.8 Å². The van der Waals surface area contributed by atoms with Gasteiger partial charge in [-0.05, 0) is 95.8 Å². The predicted octanol–water partition coefficient (Wildman–Crippen LogP) is 5.84. The fraction of sp³-hybridized carbons (Fsp3) is 0.394. The largest absolute Gasteiger partial charge is 0.350 e. The number of carbonyl (C=O) groups excluding carboxylic acids is 2. The average molecular weight is 578 g/mol. The minimum absolute atomic E-state index is 0.0943. The van der Waals surface area contributed by atoms with Crippen molar-refractivity contribution >= 4 is 27.5 Å². The number of nitrogens with zero attached hydrogens (tertiary/aromatic N) is 2. The number of sulfonamides is 1. The van der Waals surface area contributed by atoms with Crippen LogP contribution in [0.15, 0.2) is 71.6 Å². The molecule has 3 aromatic rings. The molecular weight excluding hydrogens is 534 g/mol. The first-order chi connectivity index (χ1) is 19.1. The van der Waals surface area contributed by atoms with Crippen molar-refractivity contribution in [2.75, 3.05) is 10.8 Å². The fourth-order valence-corrected chi connectivity index (χ4v) is 6.03. The fourth-order valence-electron chi connectivity index (χ4n) is 4.63. The maximum Gasteiger partial charge on any atom is 0.264 e. The lowest BCUT2D eigenvalue weighted by Crippen LogP contribution is -2.55. The highest BCUT2D eigenvalue weighted by Gasteiger charge is 2.34. The van der Waals surface area contributed by atoms with E-state index < -0.39 is 34.1 Å². The summed E-state index contributed by atoms with van der Waals surface area (Å²) >= 11 is 0. The van der Waals surface area contributed by atoms with Crippen LogP contribution >= 0.6 is 0 Å². The third-order valence-corrected chi connectivity index (χ3v) is 8.77. The highest BCUT2D eigenvalue weighted by Crippen LogP contribution is 2.27. The molecule has 0 bridgehead atoms. The summed E-state index contributed by atoms with van der Waals surface area (Å²) in [5.74, 6) is -0.739. The van der Waals surface area contributed by atoms with Gasteiger partial charge in [0, 0.05) is 12.1 Å². The molecule has 0 spiro atoms. The van der Waals surface area contributed by atoms with Gasteiger partial charge < -0.3 is 10.2 Å². The zero-order valence-corrected chi connectivity index (χ0v) is 26.3. The van der Waals surface area contributed by atoms with Crippen molar-refractivity contribution in [1.82, 2.24) is 10.2 Å². The molecule has 3 aromatic carbocycles. The maximum atomic E-state index is 14.2. The predicted molar refractivity (Wildman–Crippen MR) is 165 cm³/mol. The number of aryl methyl sites for hydroxylation is 4. The Kier molecular flexibility index (Phi) is 10.0. The third-order valence-electron chi connectivity index (χ3n) is 6.99. The first kappa shape index (κ1) is 31.9. The SMILES string of the molecule is CC[C@H](C(=O)NC(C)(C)C)N(Cc1cccc(C)c1)C(=O)CN(c1ccc(C)c(C)c1)S(=O)(=O)c1ccc(C)cc1. The highest BCUT2D eigenvalue weighted by molar-refractivity contribution is 7.92. The number of anilines is 1. The van der Waals surface area contributed by atoms with Crippen LogP contribution in [0.5, 0.6) is 0 Å². The van der Waals surface area contributed by atoms with Crippen molar-refractivity contribution in [2.45, 2.75) is 84.8 Å². The summed E-state index contributed by atoms with van der Waals surface area (Å²) in [6, 6.07) is 18.9. The minimum Gasteiger partial charge on any atom is -0.350 e. The lowest BCUT2D eigenvalue weighted by molar-refractivity contribution is -0.141. The van der Waals surface area contributed by atoms with E-state index in [2.05, 4.69) is 5.32 Å². The summed E-state index contributed by atoms with van der Waals surface area (Å²) in [6.07, 6.45) is 0.369. The van der Waals surface area contributed by atoms with Crippen LogP contribution in [0.2, 0.25) is 0 Å². The van der Waals surface area contributed by atoms with Gasteiger partial charge in [-0.2, -0.15) is 0 Å². The Morgan fingerprint density at radius 1 is 0.854 bits per heavy atom. The van der Waals surface area contributed by atoms with E-state index in [0.29, 0.717) is 12.1 Å². The summed E-state index contributed by atoms with van der Waals surface area (Å²) < 4.78 is 29.2. The molecule has 0 aliphatic heterocycles. The Hall–Kier alpha value is -3.65. The summed E-state index contributed by atoms with van der Waals surface area (Å²) in [4.78, 5) is 29.3. The Balaban J connectivity index is 2.10. The monoisotopic (exact) mass is 577 g/mol. The molecule has 0 aliphatic rings. The van der Waals surface area contributed by atoms with Gasteiger partial charge in [-0.25, -0.2) is 8.42 Å². The molecule has 0 radical (unpaired) electrons. The normalized spacial score (nSPS) is 12.5. The molecule has 7 nitrogen and oxygen atoms in total. The number of carbonyl (C=O) groups is 2. The minimum atomic E-state index is -4.10. The van der Waals surface area contributed by atoms with E-state index in [1.807, 2.05) is 85.7 Å². The number of nitrogens with one attached hydrogen (secondary N) is 1. The van der Waals surface area contributed by atoms with E-state index in [0.717, 1.165) is 32.1 Å². The number of rotatable bonds is 10. The van der Waals surface area contributed by atoms with Gasteiger partial charge in [0.15, 0.2) is 0 Å². The van der Waals surface area contributed by atoms with Crippen molar-refractivity contribution in [2.24, 2.45) is 0 Å². The highest BCUT2D eigenvalue weighted by atomic mass is 32.2. The summed E-state index contributed by atoms with van der Waals surface area (Å²) in [5.41, 5.74) is 4.64. The van der Waals surface area contributed by atoms with Crippen molar-refractivity contribution < 1.29 is 18.0 Å². The summed E-state index contributed by atoms with van der Waals surface area (Å²) in [5, 5.41) is 3.00. The molecule has 0 fully saturated rings. The molecule has 3 rings (SSSR count). The first-order valence-electron chi connectivity index (χ1n) is 14.0. The van der Waals surface area contributed by atoms with E-state index in [1.165, 1.54) is 4.90 Å². The molecule has 41 heavy (non-hydrogen) atoms. The first-order valence-corrected chi connectivity index (χ1v) is 15.4. The number of hydrogen-bond donors (Lipinski definition) is 1. The Bertz CT molecular complexity index is 1490. The maximum absolute atomic E-state index is 14.2. The van der Waals surface area contributed by atoms with Crippen LogP contribution in [0.3, 0.4) is 0 Å². The van der Waals surface area contributed by atoms with E-state index >= 15 is 0 Å². The van der Waals surface area contributed by atoms with Gasteiger partial charge in [-0.15, -0.1) is 0 Å². The molecule has 220 valence electrons. The lowest BCUT2D eigenvalue weighted by atomic mass is 10.0. The van der Waals surface area contributed by atoms with Crippen molar-refractivity contribution in [3.8, 4) is 0 Å². The molecule has 2 amide bonds. The van der Waals surface area contributed by atoms with E-state index in [4.69, 9.17) is 0 Å². The number of benzene rings is 3. The van der Waals surface area contributed by atoms with E-state index in [1.54, 1.807) is 36.4 Å². The summed E-state index contributed by atoms with van der Waals surface area (Å²) in [7, 11) is -4.10. The smallest absolute Gasteiger partial charge is 0.264 e. The second-order valence-corrected chi connectivity index (χ2v) is 13.6. The van der Waals surface area contributed by atoms with Gasteiger partial charge in [0.1, 0.15) is 12.6 Å². The lowest BCUT2D eigenvalue weighted by Gasteiger charge is -2.35. The van der Waals surface area contributed by atoms with Gasteiger partial charge >= 0.3 is 0 Å². The quantitative estimate of drug-likeness (QED) is 0.328. The zero-order chi connectivity index (χ0) is 30.5. The van der Waals surface area contributed by atoms with E-state index in [9.17, 15) is 18.0 Å². The molecule has 0 unspecified atom stereocenters. The zero-order valence-electron chi connectivity index (χ0n) is 25.5. The van der Waals surface area contributed by atoms with Gasteiger partial charge in [0.25, 0.3) is 10.0 Å². The number of hydrogen-bond acceptors (Lipinski definition) is 4. The van der Waals surface area contributed by atoms with E-state index in [-0.39, 0.29) is 17.3 Å². The van der Waals surface area contributed by atoms with Gasteiger partial charge in [-0.3, -0.25) is 13.9 Å². The van der Waals surface area contributed by atoms with Crippen LogP contribution in [0, 0.1) is 27.7 Å². The molecule has 8 heteroatoms. The molecule has 1 N–H and O–H groups in total. The molecule has 0 aliphatic carbocycles. The van der Waals surface area contributed by atoms with Crippen LogP contribution in [-0.4, -0.2) is 43.3 Å². The molecular formula is C33H43N3O4S. The Labute approximate surface area is 245 Å². The number of amides is 2. The Morgan fingerprint density at radius 3 is 2.07 bits per heavy atom. The summed E-state index contributed by atoms with van der Waals surface area (Å²) in [6.45, 7) is 14.9. The molecule has 0 saturated heterocycles. The van der Waals surface area contributed by atoms with Crippen LogP contribution in [-0.2, 0) is 26.2 Å². The molecule has 0 heterocycles. The van der Waals surface area contributed by atoms with Crippen molar-refractivity contribution in [1.29, 1.82) is 0 Å². The molecule has 0 aromatic heterocycles. The van der Waals surface area contributed by atoms with Crippen molar-refractivity contribution in [3.63, 3.8) is 0 Å². The molecule has 0 saturated carbocycles. The van der Waals surface area contributed by atoms with Crippen LogP contribution in [0.1, 0.15) is 61.9 Å². The van der Waals surface area contributed by atoms with Crippen LogP contribution in [0.4, 0.5) is 5.69 Å². The van der Waals surface area contributed by atoms with Gasteiger partial charge in [-0.1, -0.05) is 60.5 Å². The average Bonchev–Trinajstić information content (AvgIpc) is 2.88. The van der Waals surface area contributed by atoms with Gasteiger partial charge in [0.2, 0.25) is 11.8 Å². The Morgan fingerprint density at radius 2 is 1.51 bits per heavy atom. The standard InChI is InChI=1S/C33H43N3O4S/c1-9-30(32(38)34-33(6,7)8)35(21-27-12-10-11-24(3)19-27)31(37)22-36(28-16-15-25(4)26(5)20-28)41(39,40)29-17-13-23(2)14-18-29/h10-20,30H,9,21-22H2,1-8H3,(H,34,38)/t30-/m1/s1. The van der Waals surface area contributed by atoms with Crippen molar-refractivity contribution in [3.05, 3.63) is 94.5 Å².